The second kappa shape index (κ2) is 18.1. The molecule has 0 aliphatic rings. The first kappa shape index (κ1) is 29.7. The van der Waals surface area contributed by atoms with Crippen LogP contribution in [-0.2, 0) is 0 Å². The Balaban J connectivity index is 3.36. The van der Waals surface area contributed by atoms with Gasteiger partial charge in [0.1, 0.15) is 0 Å². The monoisotopic (exact) mass is 482 g/mol. The summed E-state index contributed by atoms with van der Waals surface area (Å²) < 4.78 is 23.8. The minimum absolute atomic E-state index is 0.00252. The number of ether oxygens (including phenoxy) is 4. The van der Waals surface area contributed by atoms with Crippen LogP contribution in [0.4, 0.5) is 0 Å². The second-order valence-corrected chi connectivity index (χ2v) is 8.51. The Hall–Kier alpha value is -2.31. The largest absolute Gasteiger partial charge is 0.503 e. The quantitative estimate of drug-likeness (QED) is 0.177. The van der Waals surface area contributed by atoms with Gasteiger partial charge in [0.2, 0.25) is 17.2 Å². The van der Waals surface area contributed by atoms with Gasteiger partial charge >= 0.3 is 5.97 Å². The van der Waals surface area contributed by atoms with E-state index in [2.05, 4.69) is 20.8 Å². The summed E-state index contributed by atoms with van der Waals surface area (Å²) >= 11 is 0. The van der Waals surface area contributed by atoms with Crippen LogP contribution < -0.4 is 18.9 Å². The van der Waals surface area contributed by atoms with Crippen molar-refractivity contribution < 1.29 is 34.0 Å². The second-order valence-electron chi connectivity index (χ2n) is 8.51. The molecule has 7 heteroatoms. The number of aromatic hydroxyl groups is 1. The number of hydrogen-bond acceptors (Lipinski definition) is 6. The first-order valence-corrected chi connectivity index (χ1v) is 13.2. The molecule has 0 fully saturated rings. The number of unbranched alkanes of at least 4 members (excludes halogenated alkanes) is 9. The van der Waals surface area contributed by atoms with Crippen molar-refractivity contribution >= 4 is 5.97 Å². The molecule has 7 nitrogen and oxygen atoms in total. The highest BCUT2D eigenvalue weighted by molar-refractivity contribution is 5.97. The topological polar surface area (TPSA) is 94.5 Å². The molecule has 34 heavy (non-hydrogen) atoms. The number of carboxylic acid groups (broad SMARTS) is 1. The van der Waals surface area contributed by atoms with Gasteiger partial charge in [-0.1, -0.05) is 78.6 Å². The zero-order valence-electron chi connectivity index (χ0n) is 21.7. The van der Waals surface area contributed by atoms with Crippen molar-refractivity contribution in [2.24, 2.45) is 0 Å². The smallest absolute Gasteiger partial charge is 0.343 e. The van der Waals surface area contributed by atoms with Crippen molar-refractivity contribution in [1.82, 2.24) is 0 Å². The van der Waals surface area contributed by atoms with Gasteiger partial charge in [-0.3, -0.25) is 0 Å². The summed E-state index contributed by atoms with van der Waals surface area (Å²) in [5, 5.41) is 20.8. The Bertz CT molecular complexity index is 703. The number of rotatable bonds is 21. The number of aromatic carboxylic acids is 1. The van der Waals surface area contributed by atoms with E-state index in [4.69, 9.17) is 18.9 Å². The third kappa shape index (κ3) is 9.90. The van der Waals surface area contributed by atoms with Crippen molar-refractivity contribution in [3.8, 4) is 28.7 Å². The Morgan fingerprint density at radius 2 is 1.00 bits per heavy atom. The van der Waals surface area contributed by atoms with Crippen LogP contribution in [0, 0.1) is 0 Å². The highest BCUT2D eigenvalue weighted by Gasteiger charge is 2.32. The van der Waals surface area contributed by atoms with Gasteiger partial charge < -0.3 is 29.2 Å². The number of phenols is 1. The van der Waals surface area contributed by atoms with E-state index >= 15 is 0 Å². The van der Waals surface area contributed by atoms with Crippen LogP contribution in [0.3, 0.4) is 0 Å². The summed E-state index contributed by atoms with van der Waals surface area (Å²) in [6, 6.07) is 0. The van der Waals surface area contributed by atoms with Crippen LogP contribution in [0.1, 0.15) is 115 Å². The lowest BCUT2D eigenvalue weighted by molar-refractivity contribution is 0.0685. The standard InChI is InChI=1S/C27H46O7/c1-5-9-12-15-18-32-23-21(27(29)30)22(28)24(31-8-4)26(34-20-17-14-11-7-3)25(23)33-19-16-13-10-6-2/h28H,5-20H2,1-4H3,(H,29,30). The van der Waals surface area contributed by atoms with Crippen molar-refractivity contribution in [3.63, 3.8) is 0 Å². The number of carboxylic acids is 1. The van der Waals surface area contributed by atoms with Gasteiger partial charge in [0.25, 0.3) is 0 Å². The van der Waals surface area contributed by atoms with Crippen LogP contribution in [0.15, 0.2) is 0 Å². The zero-order chi connectivity index (χ0) is 25.2. The van der Waals surface area contributed by atoms with Crippen molar-refractivity contribution in [3.05, 3.63) is 5.56 Å². The molecule has 0 saturated carbocycles. The molecule has 0 spiro atoms. The van der Waals surface area contributed by atoms with Gasteiger partial charge in [0, 0.05) is 0 Å². The molecule has 1 aromatic rings. The number of benzene rings is 1. The molecule has 0 heterocycles. The summed E-state index contributed by atoms with van der Waals surface area (Å²) in [4.78, 5) is 12.2. The van der Waals surface area contributed by atoms with Gasteiger partial charge in [0.05, 0.1) is 26.4 Å². The van der Waals surface area contributed by atoms with Crippen molar-refractivity contribution in [1.29, 1.82) is 0 Å². The molecule has 0 amide bonds. The predicted molar refractivity (Wildman–Crippen MR) is 135 cm³/mol. The summed E-state index contributed by atoms with van der Waals surface area (Å²) in [5.74, 6) is -1.34. The zero-order valence-corrected chi connectivity index (χ0v) is 21.7. The van der Waals surface area contributed by atoms with Crippen LogP contribution in [0.2, 0.25) is 0 Å². The third-order valence-electron chi connectivity index (χ3n) is 5.53. The van der Waals surface area contributed by atoms with Crippen molar-refractivity contribution in [2.75, 3.05) is 26.4 Å². The maximum Gasteiger partial charge on any atom is 0.343 e. The molecule has 0 aliphatic heterocycles. The molecular weight excluding hydrogens is 436 g/mol. The van der Waals surface area contributed by atoms with E-state index in [-0.39, 0.29) is 35.2 Å². The normalized spacial score (nSPS) is 10.8. The molecule has 196 valence electrons. The summed E-state index contributed by atoms with van der Waals surface area (Å²) in [5.41, 5.74) is -0.346. The molecule has 0 aliphatic carbocycles. The molecule has 0 atom stereocenters. The Labute approximate surface area is 205 Å². The molecule has 0 unspecified atom stereocenters. The Kier molecular flexibility index (Phi) is 15.8. The maximum absolute atomic E-state index is 12.2. The Morgan fingerprint density at radius 3 is 1.38 bits per heavy atom. The maximum atomic E-state index is 12.2. The first-order chi connectivity index (χ1) is 16.5. The average molecular weight is 483 g/mol. The molecule has 1 aromatic carbocycles. The fourth-order valence-corrected chi connectivity index (χ4v) is 3.63. The van der Waals surface area contributed by atoms with Crippen LogP contribution in [0.5, 0.6) is 28.7 Å². The number of hydrogen-bond donors (Lipinski definition) is 2. The lowest BCUT2D eigenvalue weighted by Crippen LogP contribution is -2.12. The fourth-order valence-electron chi connectivity index (χ4n) is 3.63. The van der Waals surface area contributed by atoms with Gasteiger partial charge in [-0.25, -0.2) is 4.79 Å². The molecule has 0 saturated heterocycles. The molecule has 1 rings (SSSR count). The average Bonchev–Trinajstić information content (AvgIpc) is 2.81. The lowest BCUT2D eigenvalue weighted by Gasteiger charge is -2.22. The van der Waals surface area contributed by atoms with E-state index in [9.17, 15) is 15.0 Å². The minimum atomic E-state index is -1.30. The van der Waals surface area contributed by atoms with Gasteiger partial charge in [-0.05, 0) is 26.2 Å². The van der Waals surface area contributed by atoms with E-state index in [1.54, 1.807) is 6.92 Å². The fraction of sp³-hybridized carbons (Fsp3) is 0.741. The van der Waals surface area contributed by atoms with E-state index in [0.717, 1.165) is 77.0 Å². The molecule has 0 radical (unpaired) electrons. The summed E-state index contributed by atoms with van der Waals surface area (Å²) in [6.45, 7) is 9.56. The third-order valence-corrected chi connectivity index (χ3v) is 5.53. The van der Waals surface area contributed by atoms with Crippen LogP contribution in [0.25, 0.3) is 0 Å². The van der Waals surface area contributed by atoms with E-state index in [1.807, 2.05) is 0 Å². The van der Waals surface area contributed by atoms with Crippen LogP contribution in [-0.4, -0.2) is 42.6 Å². The minimum Gasteiger partial charge on any atom is -0.503 e. The Morgan fingerprint density at radius 1 is 0.588 bits per heavy atom. The highest BCUT2D eigenvalue weighted by Crippen LogP contribution is 2.53. The molecule has 2 N–H and O–H groups in total. The summed E-state index contributed by atoms with van der Waals surface area (Å²) in [7, 11) is 0. The van der Waals surface area contributed by atoms with Gasteiger partial charge in [-0.15, -0.1) is 0 Å². The van der Waals surface area contributed by atoms with E-state index in [1.165, 1.54) is 0 Å². The van der Waals surface area contributed by atoms with E-state index < -0.39 is 11.7 Å². The highest BCUT2D eigenvalue weighted by atomic mass is 16.6. The summed E-state index contributed by atoms with van der Waals surface area (Å²) in [6.07, 6.45) is 12.1. The van der Waals surface area contributed by atoms with Gasteiger partial charge in [0.15, 0.2) is 17.1 Å². The first-order valence-electron chi connectivity index (χ1n) is 13.2. The number of carbonyl (C=O) groups is 1. The van der Waals surface area contributed by atoms with Crippen LogP contribution >= 0.6 is 0 Å². The SMILES string of the molecule is CCCCCCOc1c(OCC)c(O)c(C(=O)O)c(OCCCCCC)c1OCCCCCC. The predicted octanol–water partition coefficient (Wildman–Crippen LogP) is 7.37. The molecule has 0 aromatic heterocycles. The molecular formula is C27H46O7. The van der Waals surface area contributed by atoms with Crippen molar-refractivity contribution in [2.45, 2.75) is 105 Å². The van der Waals surface area contributed by atoms with Gasteiger partial charge in [-0.2, -0.15) is 0 Å². The molecule has 0 bridgehead atoms. The van der Waals surface area contributed by atoms with E-state index in [0.29, 0.717) is 19.8 Å². The lowest BCUT2D eigenvalue weighted by atomic mass is 10.1.